The van der Waals surface area contributed by atoms with Crippen molar-refractivity contribution in [2.24, 2.45) is 5.73 Å². The van der Waals surface area contributed by atoms with Gasteiger partial charge in [-0.1, -0.05) is 32.0 Å². The molecule has 0 aromatic heterocycles. The summed E-state index contributed by atoms with van der Waals surface area (Å²) in [5.74, 6) is -0.167. The molecular formula is C9H17ClN2O. The van der Waals surface area contributed by atoms with Crippen LogP contribution in [-0.2, 0) is 4.79 Å². The molecule has 0 unspecified atom stereocenters. The quantitative estimate of drug-likeness (QED) is 0.711. The second-order valence-electron chi connectivity index (χ2n) is 3.06. The van der Waals surface area contributed by atoms with Crippen molar-refractivity contribution in [3.8, 4) is 0 Å². The smallest absolute Gasteiger partial charge is 0.240 e. The molecule has 13 heavy (non-hydrogen) atoms. The standard InChI is InChI=1S/C9H17ClN2O/c1-4-9(11,5-2)8(13)12-6-7(3)10/h3-6,11H2,1-2H3,(H,12,13). The third-order valence-corrected chi connectivity index (χ3v) is 2.29. The highest BCUT2D eigenvalue weighted by Crippen LogP contribution is 2.11. The molecule has 0 rings (SSSR count). The van der Waals surface area contributed by atoms with Crippen LogP contribution in [0.1, 0.15) is 26.7 Å². The monoisotopic (exact) mass is 204 g/mol. The van der Waals surface area contributed by atoms with Crippen LogP contribution >= 0.6 is 11.6 Å². The van der Waals surface area contributed by atoms with Gasteiger partial charge in [0, 0.05) is 5.03 Å². The molecule has 0 aliphatic carbocycles. The Kier molecular flexibility index (Phi) is 5.03. The van der Waals surface area contributed by atoms with Crippen molar-refractivity contribution in [1.29, 1.82) is 0 Å². The Hall–Kier alpha value is -0.540. The largest absolute Gasteiger partial charge is 0.350 e. The van der Waals surface area contributed by atoms with Crippen LogP contribution in [0.4, 0.5) is 0 Å². The van der Waals surface area contributed by atoms with Crippen molar-refractivity contribution in [3.63, 3.8) is 0 Å². The van der Waals surface area contributed by atoms with Gasteiger partial charge in [0.2, 0.25) is 5.91 Å². The fourth-order valence-electron chi connectivity index (χ4n) is 0.923. The lowest BCUT2D eigenvalue weighted by Gasteiger charge is -2.24. The first kappa shape index (κ1) is 12.5. The summed E-state index contributed by atoms with van der Waals surface area (Å²) in [6, 6.07) is 0. The van der Waals surface area contributed by atoms with Crippen LogP contribution < -0.4 is 11.1 Å². The number of nitrogens with two attached hydrogens (primary N) is 1. The SMILES string of the molecule is C=C(Cl)CNC(=O)C(N)(CC)CC. The van der Waals surface area contributed by atoms with E-state index in [2.05, 4.69) is 11.9 Å². The lowest BCUT2D eigenvalue weighted by Crippen LogP contribution is -2.53. The van der Waals surface area contributed by atoms with E-state index in [-0.39, 0.29) is 12.5 Å². The molecule has 0 saturated carbocycles. The van der Waals surface area contributed by atoms with Gasteiger partial charge in [-0.25, -0.2) is 0 Å². The average molecular weight is 205 g/mol. The van der Waals surface area contributed by atoms with Crippen molar-refractivity contribution in [1.82, 2.24) is 5.32 Å². The number of carbonyl (C=O) groups is 1. The van der Waals surface area contributed by atoms with Crippen LogP contribution in [0.15, 0.2) is 11.6 Å². The highest BCUT2D eigenvalue weighted by atomic mass is 35.5. The molecule has 0 fully saturated rings. The number of nitrogens with one attached hydrogen (secondary N) is 1. The van der Waals surface area contributed by atoms with Gasteiger partial charge < -0.3 is 11.1 Å². The summed E-state index contributed by atoms with van der Waals surface area (Å²) in [5, 5.41) is 3.03. The summed E-state index contributed by atoms with van der Waals surface area (Å²) >= 11 is 5.51. The maximum absolute atomic E-state index is 11.5. The van der Waals surface area contributed by atoms with E-state index in [0.29, 0.717) is 17.9 Å². The normalized spacial score (nSPS) is 11.1. The van der Waals surface area contributed by atoms with E-state index in [1.807, 2.05) is 13.8 Å². The molecule has 0 aromatic rings. The zero-order valence-corrected chi connectivity index (χ0v) is 8.95. The van der Waals surface area contributed by atoms with Crippen molar-refractivity contribution in [2.75, 3.05) is 6.54 Å². The molecule has 0 atom stereocenters. The maximum Gasteiger partial charge on any atom is 0.240 e. The summed E-state index contributed by atoms with van der Waals surface area (Å²) in [6.07, 6.45) is 1.23. The van der Waals surface area contributed by atoms with Crippen LogP contribution in [0.2, 0.25) is 0 Å². The molecular weight excluding hydrogens is 188 g/mol. The fourth-order valence-corrected chi connectivity index (χ4v) is 0.990. The first-order valence-electron chi connectivity index (χ1n) is 4.36. The highest BCUT2D eigenvalue weighted by molar-refractivity contribution is 6.29. The molecule has 3 N–H and O–H groups in total. The van der Waals surface area contributed by atoms with Gasteiger partial charge in [-0.3, -0.25) is 4.79 Å². The third kappa shape index (κ3) is 3.79. The van der Waals surface area contributed by atoms with Gasteiger partial charge in [-0.2, -0.15) is 0 Å². The van der Waals surface area contributed by atoms with Gasteiger partial charge >= 0.3 is 0 Å². The minimum absolute atomic E-state index is 0.167. The molecule has 0 aliphatic rings. The molecule has 0 heterocycles. The summed E-state index contributed by atoms with van der Waals surface area (Å²) < 4.78 is 0. The van der Waals surface area contributed by atoms with E-state index in [1.165, 1.54) is 0 Å². The van der Waals surface area contributed by atoms with Crippen LogP contribution in [0.3, 0.4) is 0 Å². The van der Waals surface area contributed by atoms with Crippen LogP contribution in [0, 0.1) is 0 Å². The Morgan fingerprint density at radius 1 is 1.54 bits per heavy atom. The van der Waals surface area contributed by atoms with Crippen molar-refractivity contribution in [2.45, 2.75) is 32.2 Å². The van der Waals surface area contributed by atoms with Gasteiger partial charge in [0.05, 0.1) is 12.1 Å². The number of amides is 1. The number of rotatable bonds is 5. The van der Waals surface area contributed by atoms with E-state index in [9.17, 15) is 4.79 Å². The van der Waals surface area contributed by atoms with Crippen LogP contribution in [-0.4, -0.2) is 18.0 Å². The fraction of sp³-hybridized carbons (Fsp3) is 0.667. The molecule has 76 valence electrons. The molecule has 4 heteroatoms. The van der Waals surface area contributed by atoms with E-state index >= 15 is 0 Å². The number of hydrogen-bond acceptors (Lipinski definition) is 2. The number of halogens is 1. The lowest BCUT2D eigenvalue weighted by atomic mass is 9.93. The molecule has 0 aromatic carbocycles. The number of hydrogen-bond donors (Lipinski definition) is 2. The van der Waals surface area contributed by atoms with Gasteiger partial charge in [-0.15, -0.1) is 0 Å². The second kappa shape index (κ2) is 5.25. The molecule has 0 bridgehead atoms. The lowest BCUT2D eigenvalue weighted by molar-refractivity contribution is -0.126. The molecule has 0 radical (unpaired) electrons. The van der Waals surface area contributed by atoms with Gasteiger partial charge in [0.1, 0.15) is 0 Å². The molecule has 3 nitrogen and oxygen atoms in total. The van der Waals surface area contributed by atoms with Crippen molar-refractivity contribution < 1.29 is 4.79 Å². The summed E-state index contributed by atoms with van der Waals surface area (Å²) in [4.78, 5) is 11.5. The highest BCUT2D eigenvalue weighted by Gasteiger charge is 2.29. The Morgan fingerprint density at radius 2 is 2.00 bits per heavy atom. The third-order valence-electron chi connectivity index (χ3n) is 2.15. The first-order chi connectivity index (χ1) is 5.96. The zero-order chi connectivity index (χ0) is 10.5. The summed E-state index contributed by atoms with van der Waals surface area (Å²) in [5.41, 5.74) is 5.07. The first-order valence-corrected chi connectivity index (χ1v) is 4.74. The maximum atomic E-state index is 11.5. The number of carbonyl (C=O) groups excluding carboxylic acids is 1. The van der Waals surface area contributed by atoms with E-state index in [4.69, 9.17) is 17.3 Å². The molecule has 0 aliphatic heterocycles. The Morgan fingerprint density at radius 3 is 2.31 bits per heavy atom. The van der Waals surface area contributed by atoms with Gasteiger partial charge in [0.15, 0.2) is 0 Å². The van der Waals surface area contributed by atoms with E-state index < -0.39 is 5.54 Å². The van der Waals surface area contributed by atoms with Crippen molar-refractivity contribution >= 4 is 17.5 Å². The zero-order valence-electron chi connectivity index (χ0n) is 8.19. The average Bonchev–Trinajstić information content (AvgIpc) is 2.12. The minimum Gasteiger partial charge on any atom is -0.350 e. The van der Waals surface area contributed by atoms with Crippen LogP contribution in [0.5, 0.6) is 0 Å². The van der Waals surface area contributed by atoms with Crippen molar-refractivity contribution in [3.05, 3.63) is 11.6 Å². The minimum atomic E-state index is -0.771. The summed E-state index contributed by atoms with van der Waals surface area (Å²) in [6.45, 7) is 7.52. The van der Waals surface area contributed by atoms with E-state index in [0.717, 1.165) is 0 Å². The van der Waals surface area contributed by atoms with Crippen LogP contribution in [0.25, 0.3) is 0 Å². The molecule has 0 spiro atoms. The van der Waals surface area contributed by atoms with E-state index in [1.54, 1.807) is 0 Å². The van der Waals surface area contributed by atoms with Gasteiger partial charge in [0.25, 0.3) is 0 Å². The Labute approximate surface area is 84.3 Å². The Bertz CT molecular complexity index is 200. The molecule has 0 saturated heterocycles. The predicted octanol–water partition coefficient (Wildman–Crippen LogP) is 1.37. The predicted molar refractivity (Wildman–Crippen MR) is 55.5 cm³/mol. The van der Waals surface area contributed by atoms with Gasteiger partial charge in [-0.05, 0) is 12.8 Å². The summed E-state index contributed by atoms with van der Waals surface area (Å²) in [7, 11) is 0. The molecule has 1 amide bonds. The Balaban J connectivity index is 4.15. The second-order valence-corrected chi connectivity index (χ2v) is 3.60. The topological polar surface area (TPSA) is 55.1 Å².